The van der Waals surface area contributed by atoms with Crippen molar-refractivity contribution in [3.63, 3.8) is 0 Å². The SMILES string of the molecule is CCOC(=O)C1CCN(C(=O)COc2ccc(S(=O)(=O)N(CC)CC)cc2)CC1. The minimum atomic E-state index is -3.52. The van der Waals surface area contributed by atoms with Crippen LogP contribution in [-0.2, 0) is 24.3 Å². The van der Waals surface area contributed by atoms with Crippen LogP contribution in [0.1, 0.15) is 33.6 Å². The molecule has 0 saturated carbocycles. The first-order valence-corrected chi connectivity index (χ1v) is 11.4. The number of esters is 1. The number of carbonyl (C=O) groups excluding carboxylic acids is 2. The number of amides is 1. The summed E-state index contributed by atoms with van der Waals surface area (Å²) in [7, 11) is -3.52. The molecule has 1 fully saturated rings. The molecular weight excluding hydrogens is 396 g/mol. The first kappa shape index (κ1) is 23.2. The lowest BCUT2D eigenvalue weighted by atomic mass is 9.97. The van der Waals surface area contributed by atoms with Crippen LogP contribution in [0.15, 0.2) is 29.2 Å². The third-order valence-corrected chi connectivity index (χ3v) is 7.06. The monoisotopic (exact) mass is 426 g/mol. The van der Waals surface area contributed by atoms with Crippen molar-refractivity contribution < 1.29 is 27.5 Å². The molecule has 0 atom stereocenters. The summed E-state index contributed by atoms with van der Waals surface area (Å²) in [6.45, 7) is 7.38. The Labute approximate surface area is 172 Å². The molecule has 0 radical (unpaired) electrons. The third kappa shape index (κ3) is 5.93. The van der Waals surface area contributed by atoms with Gasteiger partial charge in [-0.05, 0) is 44.0 Å². The molecule has 1 aliphatic rings. The van der Waals surface area contributed by atoms with E-state index in [1.807, 2.05) is 0 Å². The molecule has 1 aromatic rings. The maximum atomic E-state index is 12.5. The normalized spacial score (nSPS) is 15.4. The molecule has 0 aliphatic carbocycles. The summed E-state index contributed by atoms with van der Waals surface area (Å²) in [5.41, 5.74) is 0. The molecule has 9 heteroatoms. The van der Waals surface area contributed by atoms with Crippen LogP contribution >= 0.6 is 0 Å². The highest BCUT2D eigenvalue weighted by atomic mass is 32.2. The molecule has 162 valence electrons. The van der Waals surface area contributed by atoms with Crippen molar-refractivity contribution in [3.05, 3.63) is 24.3 Å². The zero-order valence-corrected chi connectivity index (χ0v) is 18.1. The van der Waals surface area contributed by atoms with Crippen molar-refractivity contribution in [3.8, 4) is 5.75 Å². The van der Waals surface area contributed by atoms with Crippen molar-refractivity contribution in [1.29, 1.82) is 0 Å². The molecular formula is C20H30N2O6S. The van der Waals surface area contributed by atoms with E-state index >= 15 is 0 Å². The molecule has 29 heavy (non-hydrogen) atoms. The predicted octanol–water partition coefficient (Wildman–Crippen LogP) is 1.90. The van der Waals surface area contributed by atoms with Gasteiger partial charge in [0.1, 0.15) is 5.75 Å². The summed E-state index contributed by atoms with van der Waals surface area (Å²) in [5, 5.41) is 0. The number of likely N-dealkylation sites (tertiary alicyclic amines) is 1. The van der Waals surface area contributed by atoms with Crippen LogP contribution in [0.25, 0.3) is 0 Å². The van der Waals surface area contributed by atoms with Crippen LogP contribution in [0, 0.1) is 5.92 Å². The van der Waals surface area contributed by atoms with E-state index in [0.29, 0.717) is 51.4 Å². The average molecular weight is 427 g/mol. The van der Waals surface area contributed by atoms with Gasteiger partial charge in [0.05, 0.1) is 17.4 Å². The molecule has 2 rings (SSSR count). The molecule has 1 aromatic carbocycles. The lowest BCUT2D eigenvalue weighted by molar-refractivity contribution is -0.151. The smallest absolute Gasteiger partial charge is 0.309 e. The number of piperidine rings is 1. The Kier molecular flexibility index (Phi) is 8.45. The van der Waals surface area contributed by atoms with Crippen LogP contribution in [0.3, 0.4) is 0 Å². The number of ether oxygens (including phenoxy) is 2. The summed E-state index contributed by atoms with van der Waals surface area (Å²) in [6.07, 6.45) is 1.17. The lowest BCUT2D eigenvalue weighted by Gasteiger charge is -2.30. The van der Waals surface area contributed by atoms with E-state index < -0.39 is 10.0 Å². The van der Waals surface area contributed by atoms with Gasteiger partial charge < -0.3 is 14.4 Å². The van der Waals surface area contributed by atoms with Crippen molar-refractivity contribution >= 4 is 21.9 Å². The molecule has 0 N–H and O–H groups in total. The molecule has 0 unspecified atom stereocenters. The van der Waals surface area contributed by atoms with E-state index in [9.17, 15) is 18.0 Å². The second-order valence-corrected chi connectivity index (χ2v) is 8.69. The fourth-order valence-corrected chi connectivity index (χ4v) is 4.74. The van der Waals surface area contributed by atoms with Gasteiger partial charge in [0.25, 0.3) is 5.91 Å². The maximum Gasteiger partial charge on any atom is 0.309 e. The third-order valence-electron chi connectivity index (χ3n) is 5.00. The van der Waals surface area contributed by atoms with E-state index in [1.165, 1.54) is 16.4 Å². The van der Waals surface area contributed by atoms with Crippen molar-refractivity contribution in [1.82, 2.24) is 9.21 Å². The standard InChI is InChI=1S/C20H30N2O6S/c1-4-22(5-2)29(25,26)18-9-7-17(8-10-18)28-15-19(23)21-13-11-16(12-14-21)20(24)27-6-3/h7-10,16H,4-6,11-15H2,1-3H3. The Balaban J connectivity index is 1.86. The van der Waals surface area contributed by atoms with Crippen LogP contribution in [0.4, 0.5) is 0 Å². The Morgan fingerprint density at radius 1 is 1.07 bits per heavy atom. The summed E-state index contributed by atoms with van der Waals surface area (Å²) in [4.78, 5) is 26.0. The molecule has 0 bridgehead atoms. The Bertz CT molecular complexity index is 782. The van der Waals surface area contributed by atoms with E-state index in [-0.39, 0.29) is 29.3 Å². The van der Waals surface area contributed by atoms with Crippen molar-refractivity contribution in [2.24, 2.45) is 5.92 Å². The highest BCUT2D eigenvalue weighted by Gasteiger charge is 2.28. The number of nitrogens with zero attached hydrogens (tertiary/aromatic N) is 2. The Morgan fingerprint density at radius 2 is 1.66 bits per heavy atom. The minimum Gasteiger partial charge on any atom is -0.484 e. The zero-order valence-electron chi connectivity index (χ0n) is 17.3. The van der Waals surface area contributed by atoms with Gasteiger partial charge in [0.2, 0.25) is 10.0 Å². The second kappa shape index (κ2) is 10.6. The predicted molar refractivity (Wildman–Crippen MR) is 108 cm³/mol. The average Bonchev–Trinajstić information content (AvgIpc) is 2.73. The van der Waals surface area contributed by atoms with E-state index in [0.717, 1.165) is 0 Å². The van der Waals surface area contributed by atoms with Crippen LogP contribution in [-0.4, -0.2) is 68.9 Å². The van der Waals surface area contributed by atoms with Gasteiger partial charge in [0, 0.05) is 26.2 Å². The van der Waals surface area contributed by atoms with Gasteiger partial charge in [-0.2, -0.15) is 4.31 Å². The summed E-state index contributed by atoms with van der Waals surface area (Å²) in [6, 6.07) is 6.07. The van der Waals surface area contributed by atoms with E-state index in [2.05, 4.69) is 0 Å². The van der Waals surface area contributed by atoms with Gasteiger partial charge in [-0.25, -0.2) is 8.42 Å². The van der Waals surface area contributed by atoms with Crippen LogP contribution in [0.5, 0.6) is 5.75 Å². The molecule has 1 amide bonds. The molecule has 8 nitrogen and oxygen atoms in total. The Hall–Kier alpha value is -2.13. The van der Waals surface area contributed by atoms with Gasteiger partial charge >= 0.3 is 5.97 Å². The van der Waals surface area contributed by atoms with Gasteiger partial charge in [-0.1, -0.05) is 13.8 Å². The first-order valence-electron chi connectivity index (χ1n) is 10.0. The highest BCUT2D eigenvalue weighted by Crippen LogP contribution is 2.21. The fourth-order valence-electron chi connectivity index (χ4n) is 3.28. The number of sulfonamides is 1. The topological polar surface area (TPSA) is 93.2 Å². The molecule has 1 heterocycles. The lowest BCUT2D eigenvalue weighted by Crippen LogP contribution is -2.42. The van der Waals surface area contributed by atoms with Crippen molar-refractivity contribution in [2.45, 2.75) is 38.5 Å². The van der Waals surface area contributed by atoms with Crippen LogP contribution in [0.2, 0.25) is 0 Å². The Morgan fingerprint density at radius 3 is 2.17 bits per heavy atom. The number of rotatable bonds is 9. The molecule has 1 saturated heterocycles. The molecule has 0 aromatic heterocycles. The fraction of sp³-hybridized carbons (Fsp3) is 0.600. The molecule has 1 aliphatic heterocycles. The molecule has 0 spiro atoms. The van der Waals surface area contributed by atoms with Crippen molar-refractivity contribution in [2.75, 3.05) is 39.4 Å². The quantitative estimate of drug-likeness (QED) is 0.560. The number of hydrogen-bond donors (Lipinski definition) is 0. The van der Waals surface area contributed by atoms with Crippen LogP contribution < -0.4 is 4.74 Å². The maximum absolute atomic E-state index is 12.5. The first-order chi connectivity index (χ1) is 13.8. The largest absolute Gasteiger partial charge is 0.484 e. The minimum absolute atomic E-state index is 0.133. The number of benzene rings is 1. The summed E-state index contributed by atoms with van der Waals surface area (Å²) < 4.78 is 36.9. The summed E-state index contributed by atoms with van der Waals surface area (Å²) in [5.74, 6) is -0.0822. The number of carbonyl (C=O) groups is 2. The number of hydrogen-bond acceptors (Lipinski definition) is 6. The van der Waals surface area contributed by atoms with Gasteiger partial charge in [-0.15, -0.1) is 0 Å². The van der Waals surface area contributed by atoms with E-state index in [4.69, 9.17) is 9.47 Å². The van der Waals surface area contributed by atoms with Gasteiger partial charge in [0.15, 0.2) is 6.61 Å². The second-order valence-electron chi connectivity index (χ2n) is 6.76. The van der Waals surface area contributed by atoms with E-state index in [1.54, 1.807) is 37.8 Å². The zero-order chi connectivity index (χ0) is 21.4. The summed E-state index contributed by atoms with van der Waals surface area (Å²) >= 11 is 0. The van der Waals surface area contributed by atoms with Gasteiger partial charge in [-0.3, -0.25) is 9.59 Å². The highest BCUT2D eigenvalue weighted by molar-refractivity contribution is 7.89.